The molecule has 2 rings (SSSR count). The number of para-hydroxylation sites is 1. The summed E-state index contributed by atoms with van der Waals surface area (Å²) >= 11 is 0. The number of carbonyl (C=O) groups is 1. The zero-order chi connectivity index (χ0) is 13.7. The van der Waals surface area contributed by atoms with Crippen LogP contribution in [-0.4, -0.2) is 32.2 Å². The number of hydrogen-bond donors (Lipinski definition) is 2. The molecule has 5 nitrogen and oxygen atoms in total. The molecule has 0 aliphatic carbocycles. The standard InChI is InChI=1S/C14H18N2O3/c1-18-8-10(6-7-15)16-14(17)12-9-19-13-5-3-2-4-11(12)13/h2-5,9-10H,6-8,15H2,1H3,(H,16,17). The van der Waals surface area contributed by atoms with Gasteiger partial charge in [-0.25, -0.2) is 0 Å². The lowest BCUT2D eigenvalue weighted by molar-refractivity contribution is 0.0894. The fourth-order valence-electron chi connectivity index (χ4n) is 2.02. The second kappa shape index (κ2) is 6.36. The van der Waals surface area contributed by atoms with Crippen LogP contribution in [0.1, 0.15) is 16.8 Å². The van der Waals surface area contributed by atoms with Crippen molar-refractivity contribution >= 4 is 16.9 Å². The van der Waals surface area contributed by atoms with E-state index in [1.54, 1.807) is 7.11 Å². The summed E-state index contributed by atoms with van der Waals surface area (Å²) < 4.78 is 10.4. The van der Waals surface area contributed by atoms with Crippen molar-refractivity contribution in [1.29, 1.82) is 0 Å². The molecule has 0 saturated heterocycles. The third kappa shape index (κ3) is 3.13. The Morgan fingerprint density at radius 1 is 1.47 bits per heavy atom. The molecule has 1 amide bonds. The van der Waals surface area contributed by atoms with Gasteiger partial charge < -0.3 is 20.2 Å². The highest BCUT2D eigenvalue weighted by Crippen LogP contribution is 2.20. The molecule has 0 radical (unpaired) electrons. The number of rotatable bonds is 6. The second-order valence-electron chi connectivity index (χ2n) is 4.35. The average Bonchev–Trinajstić information content (AvgIpc) is 2.83. The molecule has 3 N–H and O–H groups in total. The minimum Gasteiger partial charge on any atom is -0.463 e. The maximum Gasteiger partial charge on any atom is 0.255 e. The van der Waals surface area contributed by atoms with Crippen molar-refractivity contribution in [3.05, 3.63) is 36.1 Å². The van der Waals surface area contributed by atoms with Gasteiger partial charge in [0.05, 0.1) is 18.2 Å². The van der Waals surface area contributed by atoms with Crippen molar-refractivity contribution in [3.8, 4) is 0 Å². The van der Waals surface area contributed by atoms with Crippen molar-refractivity contribution in [2.24, 2.45) is 5.73 Å². The molecule has 1 atom stereocenters. The molecule has 0 aliphatic rings. The maximum absolute atomic E-state index is 12.2. The first kappa shape index (κ1) is 13.6. The Balaban J connectivity index is 2.14. The van der Waals surface area contributed by atoms with E-state index in [4.69, 9.17) is 14.9 Å². The van der Waals surface area contributed by atoms with Crippen LogP contribution < -0.4 is 11.1 Å². The average molecular weight is 262 g/mol. The Hall–Kier alpha value is -1.85. The van der Waals surface area contributed by atoms with E-state index in [9.17, 15) is 4.79 Å². The summed E-state index contributed by atoms with van der Waals surface area (Å²) in [5.74, 6) is -0.166. The number of ether oxygens (including phenoxy) is 1. The van der Waals surface area contributed by atoms with Crippen LogP contribution in [0, 0.1) is 0 Å². The third-order valence-corrected chi connectivity index (χ3v) is 2.94. The van der Waals surface area contributed by atoms with Gasteiger partial charge in [-0.1, -0.05) is 18.2 Å². The second-order valence-corrected chi connectivity index (χ2v) is 4.35. The van der Waals surface area contributed by atoms with Crippen LogP contribution in [0.2, 0.25) is 0 Å². The lowest BCUT2D eigenvalue weighted by Gasteiger charge is -2.16. The van der Waals surface area contributed by atoms with Gasteiger partial charge >= 0.3 is 0 Å². The molecule has 19 heavy (non-hydrogen) atoms. The van der Waals surface area contributed by atoms with Crippen molar-refractivity contribution < 1.29 is 13.9 Å². The predicted octanol–water partition coefficient (Wildman–Crippen LogP) is 1.53. The largest absolute Gasteiger partial charge is 0.463 e. The molecule has 1 unspecified atom stereocenters. The quantitative estimate of drug-likeness (QED) is 0.827. The number of carbonyl (C=O) groups excluding carboxylic acids is 1. The predicted molar refractivity (Wildman–Crippen MR) is 73.0 cm³/mol. The Labute approximate surface area is 111 Å². The van der Waals surface area contributed by atoms with E-state index in [0.717, 1.165) is 5.39 Å². The van der Waals surface area contributed by atoms with E-state index >= 15 is 0 Å². The molecular formula is C14H18N2O3. The Morgan fingerprint density at radius 3 is 3.00 bits per heavy atom. The van der Waals surface area contributed by atoms with Gasteiger partial charge in [0.2, 0.25) is 0 Å². The molecule has 5 heteroatoms. The minimum atomic E-state index is -0.166. The Morgan fingerprint density at radius 2 is 2.26 bits per heavy atom. The number of hydrogen-bond acceptors (Lipinski definition) is 4. The van der Waals surface area contributed by atoms with Gasteiger partial charge in [-0.2, -0.15) is 0 Å². The van der Waals surface area contributed by atoms with E-state index in [-0.39, 0.29) is 11.9 Å². The first-order valence-corrected chi connectivity index (χ1v) is 6.22. The zero-order valence-electron chi connectivity index (χ0n) is 10.9. The van der Waals surface area contributed by atoms with Crippen molar-refractivity contribution in [2.45, 2.75) is 12.5 Å². The van der Waals surface area contributed by atoms with Crippen LogP contribution in [0.5, 0.6) is 0 Å². The van der Waals surface area contributed by atoms with Crippen LogP contribution in [0.25, 0.3) is 11.0 Å². The first-order chi connectivity index (χ1) is 9.26. The van der Waals surface area contributed by atoms with E-state index in [1.165, 1.54) is 6.26 Å². The number of methoxy groups -OCH3 is 1. The van der Waals surface area contributed by atoms with Gasteiger partial charge in [0.1, 0.15) is 11.8 Å². The molecular weight excluding hydrogens is 244 g/mol. The van der Waals surface area contributed by atoms with Crippen LogP contribution in [-0.2, 0) is 4.74 Å². The highest BCUT2D eigenvalue weighted by molar-refractivity contribution is 6.05. The summed E-state index contributed by atoms with van der Waals surface area (Å²) in [6, 6.07) is 7.36. The number of benzene rings is 1. The van der Waals surface area contributed by atoms with Gasteiger partial charge in [-0.05, 0) is 19.0 Å². The van der Waals surface area contributed by atoms with E-state index in [0.29, 0.717) is 30.7 Å². The highest BCUT2D eigenvalue weighted by Gasteiger charge is 2.17. The van der Waals surface area contributed by atoms with Gasteiger partial charge in [-0.3, -0.25) is 4.79 Å². The molecule has 0 fully saturated rings. The molecule has 2 aromatic rings. The zero-order valence-corrected chi connectivity index (χ0v) is 10.9. The van der Waals surface area contributed by atoms with Gasteiger partial charge in [0.25, 0.3) is 5.91 Å². The minimum absolute atomic E-state index is 0.0869. The molecule has 0 bridgehead atoms. The van der Waals surface area contributed by atoms with Crippen molar-refractivity contribution in [2.75, 3.05) is 20.3 Å². The van der Waals surface area contributed by atoms with E-state index in [2.05, 4.69) is 5.32 Å². The lowest BCUT2D eigenvalue weighted by Crippen LogP contribution is -2.39. The third-order valence-electron chi connectivity index (χ3n) is 2.94. The maximum atomic E-state index is 12.2. The Bertz CT molecular complexity index is 544. The number of amides is 1. The highest BCUT2D eigenvalue weighted by atomic mass is 16.5. The molecule has 0 saturated carbocycles. The Kier molecular flexibility index (Phi) is 4.54. The van der Waals surface area contributed by atoms with Crippen molar-refractivity contribution in [1.82, 2.24) is 5.32 Å². The van der Waals surface area contributed by atoms with Crippen LogP contribution in [0.3, 0.4) is 0 Å². The normalized spacial score (nSPS) is 12.5. The molecule has 0 aliphatic heterocycles. The van der Waals surface area contributed by atoms with E-state index in [1.807, 2.05) is 24.3 Å². The monoisotopic (exact) mass is 262 g/mol. The van der Waals surface area contributed by atoms with Crippen molar-refractivity contribution in [3.63, 3.8) is 0 Å². The van der Waals surface area contributed by atoms with Crippen LogP contribution >= 0.6 is 0 Å². The lowest BCUT2D eigenvalue weighted by atomic mass is 10.1. The number of furan rings is 1. The number of fused-ring (bicyclic) bond motifs is 1. The SMILES string of the molecule is COCC(CCN)NC(=O)c1coc2ccccc12. The fourth-order valence-corrected chi connectivity index (χ4v) is 2.02. The molecule has 1 heterocycles. The summed E-state index contributed by atoms with van der Waals surface area (Å²) in [6.45, 7) is 0.944. The smallest absolute Gasteiger partial charge is 0.255 e. The van der Waals surface area contributed by atoms with E-state index < -0.39 is 0 Å². The van der Waals surface area contributed by atoms with Gasteiger partial charge in [0, 0.05) is 12.5 Å². The fraction of sp³-hybridized carbons (Fsp3) is 0.357. The summed E-state index contributed by atoms with van der Waals surface area (Å²) in [6.07, 6.45) is 2.15. The number of nitrogens with one attached hydrogen (secondary N) is 1. The van der Waals surface area contributed by atoms with Gasteiger partial charge in [-0.15, -0.1) is 0 Å². The summed E-state index contributed by atoms with van der Waals surface area (Å²) in [4.78, 5) is 12.2. The molecule has 1 aromatic carbocycles. The topological polar surface area (TPSA) is 77.5 Å². The van der Waals surface area contributed by atoms with Crippen LogP contribution in [0.15, 0.2) is 34.9 Å². The summed E-state index contributed by atoms with van der Waals surface area (Å²) in [5.41, 5.74) is 6.76. The summed E-state index contributed by atoms with van der Waals surface area (Å²) in [7, 11) is 1.60. The van der Waals surface area contributed by atoms with Gasteiger partial charge in [0.15, 0.2) is 0 Å². The molecule has 102 valence electrons. The molecule has 1 aromatic heterocycles. The number of nitrogens with two attached hydrogens (primary N) is 1. The summed E-state index contributed by atoms with van der Waals surface area (Å²) in [5, 5.41) is 3.72. The first-order valence-electron chi connectivity index (χ1n) is 6.22. The molecule has 0 spiro atoms. The van der Waals surface area contributed by atoms with Crippen LogP contribution in [0.4, 0.5) is 0 Å².